The second-order valence-corrected chi connectivity index (χ2v) is 13.8. The summed E-state index contributed by atoms with van der Waals surface area (Å²) in [6.07, 6.45) is -0.131. The highest BCUT2D eigenvalue weighted by molar-refractivity contribution is 8.08. The zero-order chi connectivity index (χ0) is 32.3. The van der Waals surface area contributed by atoms with Gasteiger partial charge in [0.2, 0.25) is 0 Å². The van der Waals surface area contributed by atoms with Crippen LogP contribution in [0.2, 0.25) is 5.02 Å². The summed E-state index contributed by atoms with van der Waals surface area (Å²) in [6, 6.07) is 33.8. The van der Waals surface area contributed by atoms with Gasteiger partial charge in [-0.05, 0) is 52.4 Å². The fourth-order valence-electron chi connectivity index (χ4n) is 6.04. The molecule has 0 N–H and O–H groups in total. The van der Waals surface area contributed by atoms with Gasteiger partial charge in [-0.1, -0.05) is 115 Å². The maximum atomic E-state index is 16.3. The molecule has 0 fully saturated rings. The molecule has 2 aliphatic rings. The molecule has 1 unspecified atom stereocenters. The van der Waals surface area contributed by atoms with E-state index in [1.54, 1.807) is 97.1 Å². The Kier molecular flexibility index (Phi) is 7.73. The van der Waals surface area contributed by atoms with Crippen LogP contribution in [-0.4, -0.2) is 17.8 Å². The molecule has 0 bridgehead atoms. The Morgan fingerprint density at radius 1 is 0.609 bits per heavy atom. The average Bonchev–Trinajstić information content (AvgIpc) is 3.72. The molecule has 0 saturated heterocycles. The van der Waals surface area contributed by atoms with E-state index in [-0.39, 0.29) is 27.3 Å². The van der Waals surface area contributed by atoms with Crippen LogP contribution in [0.1, 0.15) is 28.4 Å². The third-order valence-electron chi connectivity index (χ3n) is 8.27. The second-order valence-electron chi connectivity index (χ2n) is 11.1. The quantitative estimate of drug-likeness (QED) is 0.161. The van der Waals surface area contributed by atoms with E-state index in [2.05, 4.69) is 0 Å². The Morgan fingerprint density at radius 3 is 1.76 bits per heavy atom. The highest BCUT2D eigenvalue weighted by Gasteiger charge is 2.80. The van der Waals surface area contributed by atoms with Crippen LogP contribution in [0.15, 0.2) is 132 Å². The minimum Gasteiger partial charge on any atom is -0.194 e. The molecule has 0 saturated carbocycles. The van der Waals surface area contributed by atoms with Gasteiger partial charge in [0, 0.05) is 41.6 Å². The van der Waals surface area contributed by atoms with E-state index < -0.39 is 34.2 Å². The number of benzene rings is 4. The van der Waals surface area contributed by atoms with Gasteiger partial charge in [-0.3, -0.25) is 0 Å². The molecule has 7 rings (SSSR count). The number of rotatable bonds is 6. The lowest BCUT2D eigenvalue weighted by atomic mass is 9.89. The van der Waals surface area contributed by atoms with E-state index in [1.165, 1.54) is 17.8 Å². The molecule has 4 aromatic carbocycles. The highest BCUT2D eigenvalue weighted by atomic mass is 35.5. The van der Waals surface area contributed by atoms with Crippen molar-refractivity contribution in [1.82, 2.24) is 0 Å². The maximum absolute atomic E-state index is 16.3. The molecule has 5 aromatic rings. The lowest BCUT2D eigenvalue weighted by molar-refractivity contribution is -0.259. The van der Waals surface area contributed by atoms with Crippen molar-refractivity contribution in [2.45, 2.75) is 29.4 Å². The van der Waals surface area contributed by atoms with Gasteiger partial charge in [0.1, 0.15) is 0 Å². The van der Waals surface area contributed by atoms with Crippen LogP contribution in [0.3, 0.4) is 0 Å². The molecule has 2 heterocycles. The minimum absolute atomic E-state index is 0.131. The molecule has 1 atom stereocenters. The van der Waals surface area contributed by atoms with Crippen molar-refractivity contribution in [2.75, 3.05) is 0 Å². The summed E-state index contributed by atoms with van der Waals surface area (Å²) in [4.78, 5) is 0.926. The van der Waals surface area contributed by atoms with Gasteiger partial charge in [0.25, 0.3) is 0 Å². The standard InChI is InChI=1S/C37H23ClF6S2/c38-26-18-16-23(17-19-26)30-21-28(34(46-30)25-14-8-3-9-15-25)32-31(35(39,40)37(43,44)36(32,41)42)27-20-29(22-10-4-1-5-11-22)45-33(27)24-12-6-2-7-13-24/h1-19,21,29H,20H2. The van der Waals surface area contributed by atoms with E-state index in [1.807, 2.05) is 18.2 Å². The predicted octanol–water partition coefficient (Wildman–Crippen LogP) is 12.7. The first-order chi connectivity index (χ1) is 22.0. The molecule has 0 radical (unpaired) electrons. The zero-order valence-electron chi connectivity index (χ0n) is 23.8. The molecule has 1 aliphatic heterocycles. The fraction of sp³-hybridized carbons (Fsp3) is 0.135. The number of alkyl halides is 6. The molecule has 232 valence electrons. The summed E-state index contributed by atoms with van der Waals surface area (Å²) >= 11 is 8.37. The topological polar surface area (TPSA) is 0 Å². The van der Waals surface area contributed by atoms with Crippen LogP contribution in [0.25, 0.3) is 31.4 Å². The van der Waals surface area contributed by atoms with Crippen molar-refractivity contribution in [3.63, 3.8) is 0 Å². The third kappa shape index (κ3) is 4.93. The average molecular weight is 681 g/mol. The normalized spacial score (nSPS) is 20.0. The first kappa shape index (κ1) is 30.9. The number of hydrogen-bond donors (Lipinski definition) is 0. The summed E-state index contributed by atoms with van der Waals surface area (Å²) in [7, 11) is 0. The fourth-order valence-corrected chi connectivity index (χ4v) is 8.77. The summed E-state index contributed by atoms with van der Waals surface area (Å²) in [5.74, 6) is -16.0. The van der Waals surface area contributed by atoms with E-state index in [0.717, 1.165) is 16.9 Å². The van der Waals surface area contributed by atoms with Crippen molar-refractivity contribution in [3.8, 4) is 20.9 Å². The number of halogens is 7. The molecule has 1 aromatic heterocycles. The summed E-state index contributed by atoms with van der Waals surface area (Å²) < 4.78 is 96.2. The Bertz CT molecular complexity index is 1970. The molecule has 0 amide bonds. The van der Waals surface area contributed by atoms with E-state index in [9.17, 15) is 0 Å². The Hall–Kier alpha value is -3.72. The number of thioether (sulfide) groups is 1. The number of hydrogen-bond acceptors (Lipinski definition) is 2. The van der Waals surface area contributed by atoms with Crippen LogP contribution >= 0.6 is 34.7 Å². The van der Waals surface area contributed by atoms with Crippen LogP contribution in [0.4, 0.5) is 26.3 Å². The molecule has 0 nitrogen and oxygen atoms in total. The third-order valence-corrected chi connectivity index (χ3v) is 11.2. The monoisotopic (exact) mass is 680 g/mol. The van der Waals surface area contributed by atoms with Crippen molar-refractivity contribution in [2.24, 2.45) is 0 Å². The summed E-state index contributed by atoms with van der Waals surface area (Å²) in [6.45, 7) is 0. The zero-order valence-corrected chi connectivity index (χ0v) is 26.2. The predicted molar refractivity (Wildman–Crippen MR) is 177 cm³/mol. The Morgan fingerprint density at radius 2 is 1.15 bits per heavy atom. The van der Waals surface area contributed by atoms with Crippen molar-refractivity contribution in [3.05, 3.63) is 154 Å². The summed E-state index contributed by atoms with van der Waals surface area (Å²) in [5.41, 5.74) is -0.860. The van der Waals surface area contributed by atoms with E-state index in [0.29, 0.717) is 26.6 Å². The first-order valence-electron chi connectivity index (χ1n) is 14.4. The second kappa shape index (κ2) is 11.5. The van der Waals surface area contributed by atoms with Crippen molar-refractivity contribution >= 4 is 45.2 Å². The van der Waals surface area contributed by atoms with Crippen LogP contribution < -0.4 is 0 Å². The van der Waals surface area contributed by atoms with E-state index in [4.69, 9.17) is 11.6 Å². The molecular formula is C37H23ClF6S2. The van der Waals surface area contributed by atoms with Gasteiger partial charge >= 0.3 is 17.8 Å². The first-order valence-corrected chi connectivity index (χ1v) is 16.4. The largest absolute Gasteiger partial charge is 0.380 e. The van der Waals surface area contributed by atoms with Gasteiger partial charge in [0.15, 0.2) is 0 Å². The van der Waals surface area contributed by atoms with Gasteiger partial charge in [-0.25, -0.2) is 0 Å². The Labute approximate surface area is 275 Å². The SMILES string of the molecule is FC1(F)C(C2=C(c3ccccc3)SC(c3ccccc3)C2)=C(c2cc(-c3ccc(Cl)cc3)sc2-c2ccccc2)C(F)(F)C1(F)F. The molecule has 0 spiro atoms. The lowest BCUT2D eigenvalue weighted by Gasteiger charge is -2.26. The van der Waals surface area contributed by atoms with Gasteiger partial charge < -0.3 is 0 Å². The van der Waals surface area contributed by atoms with Crippen LogP contribution in [0, 0.1) is 0 Å². The highest BCUT2D eigenvalue weighted by Crippen LogP contribution is 2.68. The van der Waals surface area contributed by atoms with Gasteiger partial charge in [-0.15, -0.1) is 23.1 Å². The maximum Gasteiger partial charge on any atom is 0.380 e. The number of allylic oxidation sites excluding steroid dienone is 3. The minimum atomic E-state index is -5.68. The van der Waals surface area contributed by atoms with Gasteiger partial charge in [-0.2, -0.15) is 26.3 Å². The Balaban J connectivity index is 1.54. The molecule has 46 heavy (non-hydrogen) atoms. The van der Waals surface area contributed by atoms with Crippen molar-refractivity contribution in [1.29, 1.82) is 0 Å². The molecule has 9 heteroatoms. The smallest absolute Gasteiger partial charge is 0.194 e. The van der Waals surface area contributed by atoms with Crippen LogP contribution in [0.5, 0.6) is 0 Å². The van der Waals surface area contributed by atoms with Gasteiger partial charge in [0.05, 0.1) is 0 Å². The van der Waals surface area contributed by atoms with Crippen LogP contribution in [-0.2, 0) is 0 Å². The lowest BCUT2D eigenvalue weighted by Crippen LogP contribution is -2.49. The number of thiophene rings is 1. The molecule has 1 aliphatic carbocycles. The van der Waals surface area contributed by atoms with Crippen molar-refractivity contribution < 1.29 is 26.3 Å². The molecular weight excluding hydrogens is 658 g/mol. The van der Waals surface area contributed by atoms with E-state index >= 15 is 26.3 Å². The summed E-state index contributed by atoms with van der Waals surface area (Å²) in [5, 5.41) is 0.00185.